The van der Waals surface area contributed by atoms with Gasteiger partial charge in [0.25, 0.3) is 5.91 Å². The Morgan fingerprint density at radius 1 is 1.33 bits per heavy atom. The molecule has 0 atom stereocenters. The molecular weight excluding hydrogens is 289 g/mol. The average Bonchev–Trinajstić information content (AvgIpc) is 2.81. The molecule has 0 fully saturated rings. The Balaban J connectivity index is 2.00. The maximum absolute atomic E-state index is 13.8. The summed E-state index contributed by atoms with van der Waals surface area (Å²) in [5.74, 6) is -0.898. The molecule has 0 saturated carbocycles. The molecule has 2 aromatic heterocycles. The number of para-hydroxylation sites is 1. The zero-order valence-corrected chi connectivity index (χ0v) is 12.0. The van der Waals surface area contributed by atoms with Gasteiger partial charge in [0.1, 0.15) is 16.2 Å². The number of fused-ring (bicyclic) bond motifs is 1. The molecule has 0 spiro atoms. The minimum atomic E-state index is -0.471. The van der Waals surface area contributed by atoms with E-state index < -0.39 is 11.7 Å². The number of nitrogens with two attached hydrogens (primary N) is 1. The zero-order chi connectivity index (χ0) is 15.0. The van der Waals surface area contributed by atoms with Crippen molar-refractivity contribution < 1.29 is 9.18 Å². The first kappa shape index (κ1) is 13.5. The molecule has 106 valence electrons. The maximum atomic E-state index is 13.8. The summed E-state index contributed by atoms with van der Waals surface area (Å²) in [6, 6.07) is 8.25. The van der Waals surface area contributed by atoms with Gasteiger partial charge in [-0.25, -0.2) is 4.39 Å². The van der Waals surface area contributed by atoms with Crippen LogP contribution in [-0.2, 0) is 0 Å². The van der Waals surface area contributed by atoms with E-state index in [1.54, 1.807) is 31.3 Å². The number of anilines is 2. The number of amides is 1. The fourth-order valence-electron chi connectivity index (χ4n) is 2.08. The molecule has 0 radical (unpaired) electrons. The SMILES string of the molecule is Cc1cccc(F)c1NC(=O)c1sc2cccnc2c1N. The summed E-state index contributed by atoms with van der Waals surface area (Å²) in [6.45, 7) is 1.73. The van der Waals surface area contributed by atoms with Gasteiger partial charge >= 0.3 is 0 Å². The molecule has 0 aliphatic rings. The van der Waals surface area contributed by atoms with Crippen molar-refractivity contribution in [2.75, 3.05) is 11.1 Å². The summed E-state index contributed by atoms with van der Waals surface area (Å²) in [5, 5.41) is 2.59. The van der Waals surface area contributed by atoms with Crippen molar-refractivity contribution >= 4 is 38.8 Å². The van der Waals surface area contributed by atoms with Gasteiger partial charge < -0.3 is 11.1 Å². The standard InChI is InChI=1S/C15H12FN3OS/c1-8-4-2-5-9(16)12(8)19-15(20)14-11(17)13-10(21-14)6-3-7-18-13/h2-7H,17H2,1H3,(H,19,20). The number of nitrogen functional groups attached to an aromatic ring is 1. The highest BCUT2D eigenvalue weighted by atomic mass is 32.1. The molecule has 0 saturated heterocycles. The van der Waals surface area contributed by atoms with Crippen LogP contribution in [0.2, 0.25) is 0 Å². The molecule has 6 heteroatoms. The van der Waals surface area contributed by atoms with Crippen LogP contribution in [0.15, 0.2) is 36.5 Å². The molecule has 0 unspecified atom stereocenters. The first-order chi connectivity index (χ1) is 10.1. The normalized spacial score (nSPS) is 10.8. The Morgan fingerprint density at radius 2 is 2.14 bits per heavy atom. The van der Waals surface area contributed by atoms with Gasteiger partial charge in [0, 0.05) is 6.20 Å². The summed E-state index contributed by atoms with van der Waals surface area (Å²) < 4.78 is 14.6. The number of aromatic nitrogens is 1. The van der Waals surface area contributed by atoms with Crippen LogP contribution in [0.1, 0.15) is 15.2 Å². The Kier molecular flexibility index (Phi) is 3.31. The summed E-state index contributed by atoms with van der Waals surface area (Å²) in [5.41, 5.74) is 7.71. The third-order valence-corrected chi connectivity index (χ3v) is 4.31. The van der Waals surface area contributed by atoms with Gasteiger partial charge in [0.2, 0.25) is 0 Å². The van der Waals surface area contributed by atoms with E-state index in [4.69, 9.17) is 5.73 Å². The van der Waals surface area contributed by atoms with E-state index in [0.29, 0.717) is 21.6 Å². The Hall–Kier alpha value is -2.47. The largest absolute Gasteiger partial charge is 0.396 e. The van der Waals surface area contributed by atoms with Crippen molar-refractivity contribution in [2.45, 2.75) is 6.92 Å². The van der Waals surface area contributed by atoms with Crippen LogP contribution in [0.4, 0.5) is 15.8 Å². The van der Waals surface area contributed by atoms with E-state index in [2.05, 4.69) is 10.3 Å². The number of aryl methyl sites for hydroxylation is 1. The first-order valence-corrected chi connectivity index (χ1v) is 7.09. The highest BCUT2D eigenvalue weighted by Crippen LogP contribution is 2.32. The number of thiophene rings is 1. The van der Waals surface area contributed by atoms with E-state index >= 15 is 0 Å². The lowest BCUT2D eigenvalue weighted by molar-refractivity contribution is 0.103. The maximum Gasteiger partial charge on any atom is 0.268 e. The van der Waals surface area contributed by atoms with Crippen molar-refractivity contribution in [1.29, 1.82) is 0 Å². The van der Waals surface area contributed by atoms with Crippen LogP contribution in [0.5, 0.6) is 0 Å². The van der Waals surface area contributed by atoms with Gasteiger partial charge in [-0.2, -0.15) is 0 Å². The summed E-state index contributed by atoms with van der Waals surface area (Å²) in [7, 11) is 0. The quantitative estimate of drug-likeness (QED) is 0.760. The van der Waals surface area contributed by atoms with Crippen molar-refractivity contribution in [1.82, 2.24) is 4.98 Å². The predicted octanol–water partition coefficient (Wildman–Crippen LogP) is 3.58. The van der Waals surface area contributed by atoms with E-state index in [-0.39, 0.29) is 5.69 Å². The molecule has 4 nitrogen and oxygen atoms in total. The third-order valence-electron chi connectivity index (χ3n) is 3.15. The van der Waals surface area contributed by atoms with Gasteiger partial charge in [-0.15, -0.1) is 11.3 Å². The molecule has 3 rings (SSSR count). The lowest BCUT2D eigenvalue weighted by Crippen LogP contribution is -2.14. The van der Waals surface area contributed by atoms with Crippen LogP contribution in [-0.4, -0.2) is 10.9 Å². The van der Waals surface area contributed by atoms with Gasteiger partial charge in [0.15, 0.2) is 0 Å². The summed E-state index contributed by atoms with van der Waals surface area (Å²) in [4.78, 5) is 16.8. The van der Waals surface area contributed by atoms with Crippen molar-refractivity contribution in [3.05, 3.63) is 52.8 Å². The summed E-state index contributed by atoms with van der Waals surface area (Å²) in [6.07, 6.45) is 1.62. The molecule has 3 N–H and O–H groups in total. The number of nitrogens with zero attached hydrogens (tertiary/aromatic N) is 1. The lowest BCUT2D eigenvalue weighted by atomic mass is 10.2. The highest BCUT2D eigenvalue weighted by molar-refractivity contribution is 7.21. The molecule has 0 aliphatic carbocycles. The number of carbonyl (C=O) groups is 1. The number of rotatable bonds is 2. The molecular formula is C15H12FN3OS. The third kappa shape index (κ3) is 2.34. The van der Waals surface area contributed by atoms with Crippen LogP contribution in [0, 0.1) is 12.7 Å². The summed E-state index contributed by atoms with van der Waals surface area (Å²) >= 11 is 1.24. The number of pyridine rings is 1. The molecule has 0 bridgehead atoms. The monoisotopic (exact) mass is 301 g/mol. The van der Waals surface area contributed by atoms with E-state index in [1.165, 1.54) is 17.4 Å². The minimum Gasteiger partial charge on any atom is -0.396 e. The lowest BCUT2D eigenvalue weighted by Gasteiger charge is -2.08. The highest BCUT2D eigenvalue weighted by Gasteiger charge is 2.18. The smallest absolute Gasteiger partial charge is 0.268 e. The number of nitrogens with one attached hydrogen (secondary N) is 1. The fraction of sp³-hybridized carbons (Fsp3) is 0.0667. The number of carbonyl (C=O) groups excluding carboxylic acids is 1. The zero-order valence-electron chi connectivity index (χ0n) is 11.2. The molecule has 1 amide bonds. The van der Waals surface area contributed by atoms with Gasteiger partial charge in [-0.1, -0.05) is 12.1 Å². The molecule has 1 aromatic carbocycles. The van der Waals surface area contributed by atoms with Crippen LogP contribution < -0.4 is 11.1 Å². The molecule has 0 aliphatic heterocycles. The first-order valence-electron chi connectivity index (χ1n) is 6.27. The van der Waals surface area contributed by atoms with E-state index in [1.807, 2.05) is 6.07 Å². The van der Waals surface area contributed by atoms with Crippen LogP contribution in [0.25, 0.3) is 10.2 Å². The fourth-order valence-corrected chi connectivity index (χ4v) is 3.05. The average molecular weight is 301 g/mol. The second kappa shape index (κ2) is 5.14. The van der Waals surface area contributed by atoms with E-state index in [9.17, 15) is 9.18 Å². The van der Waals surface area contributed by atoms with Crippen LogP contribution >= 0.6 is 11.3 Å². The van der Waals surface area contributed by atoms with Gasteiger partial charge in [-0.3, -0.25) is 9.78 Å². The molecule has 21 heavy (non-hydrogen) atoms. The Bertz CT molecular complexity index is 824. The van der Waals surface area contributed by atoms with Gasteiger partial charge in [0.05, 0.1) is 16.1 Å². The van der Waals surface area contributed by atoms with Crippen LogP contribution in [0.3, 0.4) is 0 Å². The van der Waals surface area contributed by atoms with Crippen molar-refractivity contribution in [3.8, 4) is 0 Å². The number of benzene rings is 1. The topological polar surface area (TPSA) is 68.0 Å². The molecule has 3 aromatic rings. The second-order valence-corrected chi connectivity index (χ2v) is 5.63. The Morgan fingerprint density at radius 3 is 2.86 bits per heavy atom. The van der Waals surface area contributed by atoms with Crippen molar-refractivity contribution in [2.24, 2.45) is 0 Å². The number of hydrogen-bond acceptors (Lipinski definition) is 4. The van der Waals surface area contributed by atoms with Crippen molar-refractivity contribution in [3.63, 3.8) is 0 Å². The number of halogens is 1. The minimum absolute atomic E-state index is 0.173. The number of hydrogen-bond donors (Lipinski definition) is 2. The molecule has 2 heterocycles. The van der Waals surface area contributed by atoms with Gasteiger partial charge in [-0.05, 0) is 30.7 Å². The Labute approximate surface area is 124 Å². The second-order valence-electron chi connectivity index (χ2n) is 4.58. The van der Waals surface area contributed by atoms with E-state index in [0.717, 1.165) is 4.70 Å². The predicted molar refractivity (Wildman–Crippen MR) is 83.1 cm³/mol.